The Bertz CT molecular complexity index is 807. The molecule has 2 aromatic rings. The molecule has 0 aromatic heterocycles. The quantitative estimate of drug-likeness (QED) is 0.867. The third-order valence-electron chi connectivity index (χ3n) is 3.17. The first-order valence-electron chi connectivity index (χ1n) is 6.89. The van der Waals surface area contributed by atoms with Crippen molar-refractivity contribution in [1.82, 2.24) is 5.32 Å². The number of carbonyl (C=O) groups is 1. The third kappa shape index (κ3) is 4.97. The number of amides is 1. The molecule has 0 spiro atoms. The predicted octanol–water partition coefficient (Wildman–Crippen LogP) is 3.20. The van der Waals surface area contributed by atoms with Gasteiger partial charge in [-0.15, -0.1) is 0 Å². The minimum absolute atomic E-state index is 0.175. The minimum atomic E-state index is -3.47. The number of halogens is 1. The van der Waals surface area contributed by atoms with E-state index < -0.39 is 10.0 Å². The lowest BCUT2D eigenvalue weighted by molar-refractivity contribution is 0.0940. The van der Waals surface area contributed by atoms with Crippen LogP contribution in [0.3, 0.4) is 0 Å². The van der Waals surface area contributed by atoms with Gasteiger partial charge in [0, 0.05) is 5.56 Å². The zero-order valence-corrected chi connectivity index (χ0v) is 14.3. The van der Waals surface area contributed by atoms with Gasteiger partial charge in [-0.05, 0) is 30.7 Å². The van der Waals surface area contributed by atoms with Crippen LogP contribution in [0, 0.1) is 0 Å². The maximum absolute atomic E-state index is 12.3. The first kappa shape index (κ1) is 17.3. The summed E-state index contributed by atoms with van der Waals surface area (Å²) in [5.41, 5.74) is 1.47. The van der Waals surface area contributed by atoms with E-state index in [1.807, 2.05) is 37.3 Å². The van der Waals surface area contributed by atoms with E-state index in [2.05, 4.69) is 10.0 Å². The lowest BCUT2D eigenvalue weighted by Crippen LogP contribution is -2.26. The van der Waals surface area contributed by atoms with Gasteiger partial charge in [-0.25, -0.2) is 8.42 Å². The van der Waals surface area contributed by atoms with Gasteiger partial charge in [0.05, 0.1) is 23.0 Å². The molecule has 2 N–H and O–H groups in total. The zero-order chi connectivity index (χ0) is 17.0. The predicted molar refractivity (Wildman–Crippen MR) is 92.2 cm³/mol. The van der Waals surface area contributed by atoms with E-state index in [1.54, 1.807) is 6.07 Å². The van der Waals surface area contributed by atoms with Gasteiger partial charge in [0.15, 0.2) is 0 Å². The lowest BCUT2D eigenvalue weighted by atomic mass is 10.1. The maximum atomic E-state index is 12.3. The van der Waals surface area contributed by atoms with Crippen LogP contribution in [0.2, 0.25) is 5.02 Å². The van der Waals surface area contributed by atoms with Gasteiger partial charge in [0.2, 0.25) is 10.0 Å². The fourth-order valence-electron chi connectivity index (χ4n) is 2.05. The van der Waals surface area contributed by atoms with E-state index >= 15 is 0 Å². The van der Waals surface area contributed by atoms with Gasteiger partial charge < -0.3 is 5.32 Å². The second kappa shape index (κ2) is 7.02. The van der Waals surface area contributed by atoms with Gasteiger partial charge in [-0.1, -0.05) is 41.9 Å². The van der Waals surface area contributed by atoms with Crippen molar-refractivity contribution < 1.29 is 13.2 Å². The Balaban J connectivity index is 2.18. The highest BCUT2D eigenvalue weighted by Crippen LogP contribution is 2.24. The van der Waals surface area contributed by atoms with Crippen molar-refractivity contribution in [3.63, 3.8) is 0 Å². The molecule has 0 radical (unpaired) electrons. The standard InChI is InChI=1S/C16H17ClN2O3S/c1-11(12-6-4-3-5-7-12)18-16(20)13-8-9-14(17)15(10-13)19-23(2,21)22/h3-11,19H,1-2H3,(H,18,20)/t11-/m1/s1. The van der Waals surface area contributed by atoms with Crippen LogP contribution < -0.4 is 10.0 Å². The molecule has 2 rings (SSSR count). The molecule has 0 bridgehead atoms. The van der Waals surface area contributed by atoms with Gasteiger partial charge in [-0.2, -0.15) is 0 Å². The third-order valence-corrected chi connectivity index (χ3v) is 4.09. The summed E-state index contributed by atoms with van der Waals surface area (Å²) in [5.74, 6) is -0.311. The fraction of sp³-hybridized carbons (Fsp3) is 0.188. The summed E-state index contributed by atoms with van der Waals surface area (Å²) in [6.07, 6.45) is 1.02. The van der Waals surface area contributed by atoms with Crippen LogP contribution in [-0.2, 0) is 10.0 Å². The number of sulfonamides is 1. The molecule has 5 nitrogen and oxygen atoms in total. The summed E-state index contributed by atoms with van der Waals surface area (Å²) in [4.78, 5) is 12.3. The molecule has 7 heteroatoms. The lowest BCUT2D eigenvalue weighted by Gasteiger charge is -2.15. The second-order valence-corrected chi connectivity index (χ2v) is 7.33. The fourth-order valence-corrected chi connectivity index (χ4v) is 2.84. The normalized spacial score (nSPS) is 12.5. The first-order valence-corrected chi connectivity index (χ1v) is 9.16. The van der Waals surface area contributed by atoms with Crippen LogP contribution in [0.1, 0.15) is 28.9 Å². The van der Waals surface area contributed by atoms with Crippen LogP contribution in [-0.4, -0.2) is 20.6 Å². The van der Waals surface area contributed by atoms with Crippen LogP contribution in [0.15, 0.2) is 48.5 Å². The number of carbonyl (C=O) groups excluding carboxylic acids is 1. The topological polar surface area (TPSA) is 75.3 Å². The van der Waals surface area contributed by atoms with Crippen LogP contribution in [0.4, 0.5) is 5.69 Å². The van der Waals surface area contributed by atoms with Gasteiger partial charge in [0.25, 0.3) is 5.91 Å². The van der Waals surface area contributed by atoms with Gasteiger partial charge >= 0.3 is 0 Å². The van der Waals surface area contributed by atoms with E-state index in [-0.39, 0.29) is 22.7 Å². The van der Waals surface area contributed by atoms with E-state index in [4.69, 9.17) is 11.6 Å². The largest absolute Gasteiger partial charge is 0.346 e. The SMILES string of the molecule is C[C@@H](NC(=O)c1ccc(Cl)c(NS(C)(=O)=O)c1)c1ccccc1. The molecule has 122 valence electrons. The van der Waals surface area contributed by atoms with Crippen molar-refractivity contribution >= 4 is 33.2 Å². The van der Waals surface area contributed by atoms with E-state index in [1.165, 1.54) is 12.1 Å². The van der Waals surface area contributed by atoms with Crippen molar-refractivity contribution in [2.45, 2.75) is 13.0 Å². The maximum Gasteiger partial charge on any atom is 0.251 e. The number of benzene rings is 2. The van der Waals surface area contributed by atoms with E-state index in [0.29, 0.717) is 5.56 Å². The molecule has 1 atom stereocenters. The Kier molecular flexibility index (Phi) is 5.28. The molecule has 0 fully saturated rings. The molecule has 1 amide bonds. The molecule has 0 heterocycles. The average Bonchev–Trinajstić information content (AvgIpc) is 2.49. The Hall–Kier alpha value is -2.05. The van der Waals surface area contributed by atoms with Crippen LogP contribution in [0.5, 0.6) is 0 Å². The first-order chi connectivity index (χ1) is 10.8. The number of hydrogen-bond acceptors (Lipinski definition) is 3. The number of rotatable bonds is 5. The number of hydrogen-bond donors (Lipinski definition) is 2. The molecular formula is C16H17ClN2O3S. The van der Waals surface area contributed by atoms with E-state index in [0.717, 1.165) is 11.8 Å². The molecule has 0 unspecified atom stereocenters. The highest BCUT2D eigenvalue weighted by Gasteiger charge is 2.14. The minimum Gasteiger partial charge on any atom is -0.346 e. The van der Waals surface area contributed by atoms with Crippen molar-refractivity contribution in [2.24, 2.45) is 0 Å². The molecule has 0 aliphatic heterocycles. The van der Waals surface area contributed by atoms with Crippen LogP contribution in [0.25, 0.3) is 0 Å². The van der Waals surface area contributed by atoms with Crippen molar-refractivity contribution in [3.05, 3.63) is 64.7 Å². The summed E-state index contributed by atoms with van der Waals surface area (Å²) in [6.45, 7) is 1.87. The highest BCUT2D eigenvalue weighted by molar-refractivity contribution is 7.92. The zero-order valence-electron chi connectivity index (χ0n) is 12.7. The molecule has 0 saturated heterocycles. The van der Waals surface area contributed by atoms with Crippen LogP contribution >= 0.6 is 11.6 Å². The summed E-state index contributed by atoms with van der Waals surface area (Å²) >= 11 is 5.95. The van der Waals surface area contributed by atoms with Gasteiger partial charge in [-0.3, -0.25) is 9.52 Å². The Morgan fingerprint density at radius 1 is 1.13 bits per heavy atom. The van der Waals surface area contributed by atoms with Crippen molar-refractivity contribution in [3.8, 4) is 0 Å². The molecular weight excluding hydrogens is 336 g/mol. The molecule has 23 heavy (non-hydrogen) atoms. The highest BCUT2D eigenvalue weighted by atomic mass is 35.5. The molecule has 2 aromatic carbocycles. The van der Waals surface area contributed by atoms with Crippen molar-refractivity contribution in [1.29, 1.82) is 0 Å². The Morgan fingerprint density at radius 2 is 1.78 bits per heavy atom. The van der Waals surface area contributed by atoms with Crippen molar-refractivity contribution in [2.75, 3.05) is 11.0 Å². The Morgan fingerprint density at radius 3 is 2.39 bits per heavy atom. The second-order valence-electron chi connectivity index (χ2n) is 5.17. The molecule has 0 aliphatic carbocycles. The molecule has 0 aliphatic rings. The summed E-state index contributed by atoms with van der Waals surface area (Å²) in [7, 11) is -3.47. The summed E-state index contributed by atoms with van der Waals surface area (Å²) in [5, 5.41) is 3.09. The number of anilines is 1. The average molecular weight is 353 g/mol. The van der Waals surface area contributed by atoms with E-state index in [9.17, 15) is 13.2 Å². The summed E-state index contributed by atoms with van der Waals surface area (Å²) < 4.78 is 24.9. The Labute approximate surface area is 140 Å². The number of nitrogens with one attached hydrogen (secondary N) is 2. The van der Waals surface area contributed by atoms with Gasteiger partial charge in [0.1, 0.15) is 0 Å². The smallest absolute Gasteiger partial charge is 0.251 e. The summed E-state index contributed by atoms with van der Waals surface area (Å²) in [6, 6.07) is 13.8. The molecule has 0 saturated carbocycles. The monoisotopic (exact) mass is 352 g/mol.